The molecule has 4 rings (SSSR count). The fourth-order valence-electron chi connectivity index (χ4n) is 5.45. The molecule has 0 spiro atoms. The van der Waals surface area contributed by atoms with Gasteiger partial charge in [0.15, 0.2) is 0 Å². The first-order valence-corrected chi connectivity index (χ1v) is 11.4. The predicted octanol–water partition coefficient (Wildman–Crippen LogP) is 2.22. The standard InChI is InChI=1S/C18H25NO.C2H7NO3S/c1-19-10-9-18-8-4-3-5-15(18)17(19)11-13-6-7-14(20-2)12-16(13)18;3-1-2-7(4,5)6/h6-7,12,15,17H,3-5,8-11H2,1-2H3;1-3H2,(H,4,5,6)/t15-,17+,18+;/m1./s1. The zero-order chi connectivity index (χ0) is 19.7. The Hall–Kier alpha value is -1.15. The molecule has 2 bridgehead atoms. The normalized spacial score (nSPS) is 29.8. The molecule has 0 aromatic heterocycles. The molecule has 1 saturated heterocycles. The average Bonchev–Trinajstić information content (AvgIpc) is 2.64. The molecule has 2 fully saturated rings. The van der Waals surface area contributed by atoms with E-state index in [0.29, 0.717) is 5.41 Å². The Morgan fingerprint density at radius 2 is 2.11 bits per heavy atom. The Labute approximate surface area is 162 Å². The van der Waals surface area contributed by atoms with E-state index in [4.69, 9.17) is 15.0 Å². The lowest BCUT2D eigenvalue weighted by Gasteiger charge is -2.58. The quantitative estimate of drug-likeness (QED) is 0.761. The van der Waals surface area contributed by atoms with Crippen molar-refractivity contribution in [3.05, 3.63) is 29.3 Å². The predicted molar refractivity (Wildman–Crippen MR) is 107 cm³/mol. The van der Waals surface area contributed by atoms with Crippen LogP contribution in [0.4, 0.5) is 0 Å². The number of likely N-dealkylation sites (tertiary alicyclic amines) is 1. The monoisotopic (exact) mass is 396 g/mol. The van der Waals surface area contributed by atoms with Crippen LogP contribution in [0.1, 0.15) is 43.2 Å². The van der Waals surface area contributed by atoms with E-state index < -0.39 is 10.1 Å². The topological polar surface area (TPSA) is 92.9 Å². The first-order chi connectivity index (χ1) is 12.8. The molecular weight excluding hydrogens is 364 g/mol. The van der Waals surface area contributed by atoms with Gasteiger partial charge in [0.1, 0.15) is 5.75 Å². The number of nitrogens with two attached hydrogens (primary N) is 1. The molecule has 3 aliphatic rings. The van der Waals surface area contributed by atoms with E-state index in [2.05, 4.69) is 30.1 Å². The first-order valence-electron chi connectivity index (χ1n) is 9.83. The molecule has 0 amide bonds. The van der Waals surface area contributed by atoms with Gasteiger partial charge in [0.25, 0.3) is 10.1 Å². The molecule has 6 nitrogen and oxygen atoms in total. The van der Waals surface area contributed by atoms with Gasteiger partial charge in [0, 0.05) is 18.0 Å². The minimum absolute atomic E-state index is 0.0289. The molecule has 3 atom stereocenters. The molecule has 1 saturated carbocycles. The van der Waals surface area contributed by atoms with Crippen molar-refractivity contribution in [1.82, 2.24) is 4.90 Å². The summed E-state index contributed by atoms with van der Waals surface area (Å²) in [6.07, 6.45) is 8.22. The minimum Gasteiger partial charge on any atom is -0.497 e. The summed E-state index contributed by atoms with van der Waals surface area (Å²) in [6, 6.07) is 7.60. The molecule has 3 N–H and O–H groups in total. The van der Waals surface area contributed by atoms with Gasteiger partial charge in [-0.25, -0.2) is 0 Å². The largest absolute Gasteiger partial charge is 0.497 e. The van der Waals surface area contributed by atoms with Crippen LogP contribution < -0.4 is 10.5 Å². The maximum Gasteiger partial charge on any atom is 0.266 e. The van der Waals surface area contributed by atoms with Gasteiger partial charge in [-0.2, -0.15) is 8.42 Å². The second-order valence-corrected chi connectivity index (χ2v) is 9.68. The number of benzene rings is 1. The molecular formula is C20H32N2O4S. The molecule has 0 radical (unpaired) electrons. The smallest absolute Gasteiger partial charge is 0.266 e. The van der Waals surface area contributed by atoms with Crippen LogP contribution in [-0.4, -0.2) is 56.9 Å². The van der Waals surface area contributed by atoms with Crippen molar-refractivity contribution in [2.75, 3.05) is 33.0 Å². The van der Waals surface area contributed by atoms with Crippen molar-refractivity contribution in [2.24, 2.45) is 11.7 Å². The van der Waals surface area contributed by atoms with Crippen LogP contribution in [0.3, 0.4) is 0 Å². The average molecular weight is 397 g/mol. The molecule has 0 unspecified atom stereocenters. The highest BCUT2D eigenvalue weighted by molar-refractivity contribution is 7.85. The van der Waals surface area contributed by atoms with Gasteiger partial charge < -0.3 is 15.4 Å². The highest BCUT2D eigenvalue weighted by atomic mass is 32.2. The van der Waals surface area contributed by atoms with E-state index in [1.807, 2.05) is 0 Å². The second-order valence-electron chi connectivity index (χ2n) is 8.11. The number of likely N-dealkylation sites (N-methyl/N-ethyl adjacent to an activating group) is 1. The van der Waals surface area contributed by atoms with Crippen LogP contribution in [0.2, 0.25) is 0 Å². The van der Waals surface area contributed by atoms with Crippen molar-refractivity contribution in [3.63, 3.8) is 0 Å². The summed E-state index contributed by atoms with van der Waals surface area (Å²) < 4.78 is 32.8. The van der Waals surface area contributed by atoms with Crippen LogP contribution in [0.5, 0.6) is 5.75 Å². The number of methoxy groups -OCH3 is 1. The summed E-state index contributed by atoms with van der Waals surface area (Å²) in [6.45, 7) is 1.23. The van der Waals surface area contributed by atoms with Gasteiger partial charge in [0.2, 0.25) is 0 Å². The molecule has 2 aliphatic carbocycles. The van der Waals surface area contributed by atoms with E-state index in [-0.39, 0.29) is 12.3 Å². The molecule has 1 aromatic carbocycles. The Morgan fingerprint density at radius 1 is 1.33 bits per heavy atom. The van der Waals surface area contributed by atoms with Crippen molar-refractivity contribution in [3.8, 4) is 5.75 Å². The van der Waals surface area contributed by atoms with Gasteiger partial charge in [-0.05, 0) is 68.5 Å². The second kappa shape index (κ2) is 8.07. The highest BCUT2D eigenvalue weighted by Gasteiger charge is 2.53. The van der Waals surface area contributed by atoms with Gasteiger partial charge in [0.05, 0.1) is 12.9 Å². The van der Waals surface area contributed by atoms with Crippen LogP contribution >= 0.6 is 0 Å². The van der Waals surface area contributed by atoms with Gasteiger partial charge in [-0.3, -0.25) is 4.55 Å². The number of hydrogen-bond acceptors (Lipinski definition) is 5. The Morgan fingerprint density at radius 3 is 2.74 bits per heavy atom. The van der Waals surface area contributed by atoms with Crippen LogP contribution in [-0.2, 0) is 22.0 Å². The third-order valence-electron chi connectivity index (χ3n) is 6.70. The Kier molecular flexibility index (Phi) is 6.15. The van der Waals surface area contributed by atoms with Crippen molar-refractivity contribution in [2.45, 2.75) is 50.0 Å². The number of fused-ring (bicyclic) bond motifs is 1. The number of ether oxygens (including phenoxy) is 1. The molecule has 1 heterocycles. The van der Waals surface area contributed by atoms with E-state index in [1.165, 1.54) is 45.1 Å². The Balaban J connectivity index is 0.000000260. The summed E-state index contributed by atoms with van der Waals surface area (Å²) >= 11 is 0. The van der Waals surface area contributed by atoms with E-state index >= 15 is 0 Å². The van der Waals surface area contributed by atoms with E-state index in [0.717, 1.165) is 17.7 Å². The summed E-state index contributed by atoms with van der Waals surface area (Å²) in [5, 5.41) is 0. The van der Waals surface area contributed by atoms with Crippen LogP contribution in [0.25, 0.3) is 0 Å². The summed E-state index contributed by atoms with van der Waals surface area (Å²) in [7, 11) is 0.322. The number of rotatable bonds is 3. The van der Waals surface area contributed by atoms with Crippen LogP contribution in [0.15, 0.2) is 18.2 Å². The van der Waals surface area contributed by atoms with Crippen molar-refractivity contribution < 1.29 is 17.7 Å². The molecule has 1 aliphatic heterocycles. The number of nitrogens with zero attached hydrogens (tertiary/aromatic N) is 1. The van der Waals surface area contributed by atoms with Gasteiger partial charge in [-0.15, -0.1) is 0 Å². The zero-order valence-electron chi connectivity index (χ0n) is 16.4. The third kappa shape index (κ3) is 4.16. The minimum atomic E-state index is -3.80. The third-order valence-corrected chi connectivity index (χ3v) is 7.45. The maximum absolute atomic E-state index is 9.71. The fourth-order valence-corrected chi connectivity index (χ4v) is 5.75. The summed E-state index contributed by atoms with van der Waals surface area (Å²) in [5.74, 6) is 1.56. The van der Waals surface area contributed by atoms with Crippen molar-refractivity contribution >= 4 is 10.1 Å². The first kappa shape index (κ1) is 20.6. The summed E-state index contributed by atoms with van der Waals surface area (Å²) in [4.78, 5) is 2.63. The highest BCUT2D eigenvalue weighted by Crippen LogP contribution is 2.55. The van der Waals surface area contributed by atoms with E-state index in [9.17, 15) is 8.42 Å². The molecule has 152 valence electrons. The SMILES string of the molecule is COc1ccc2c(c1)[C@]13CCCC[C@@H]1[C@H](C2)N(C)CC3.NCCS(=O)(=O)O. The maximum atomic E-state index is 9.71. The lowest BCUT2D eigenvalue weighted by atomic mass is 9.52. The molecule has 7 heteroatoms. The lowest BCUT2D eigenvalue weighted by molar-refractivity contribution is 0.00274. The lowest BCUT2D eigenvalue weighted by Crippen LogP contribution is -2.59. The van der Waals surface area contributed by atoms with Gasteiger partial charge >= 0.3 is 0 Å². The van der Waals surface area contributed by atoms with E-state index in [1.54, 1.807) is 18.2 Å². The Bertz CT molecular complexity index is 767. The number of hydrogen-bond donors (Lipinski definition) is 2. The fraction of sp³-hybridized carbons (Fsp3) is 0.700. The number of piperidine rings is 1. The molecule has 27 heavy (non-hydrogen) atoms. The molecule has 1 aromatic rings. The van der Waals surface area contributed by atoms with Gasteiger partial charge in [-0.1, -0.05) is 18.9 Å². The van der Waals surface area contributed by atoms with Crippen LogP contribution in [0, 0.1) is 5.92 Å². The zero-order valence-corrected chi connectivity index (χ0v) is 17.2. The van der Waals surface area contributed by atoms with Crippen molar-refractivity contribution in [1.29, 1.82) is 0 Å². The summed E-state index contributed by atoms with van der Waals surface area (Å²) in [5.41, 5.74) is 8.45.